The number of carbonyl (C=O) groups is 1. The monoisotopic (exact) mass is 562 g/mol. The van der Waals surface area contributed by atoms with E-state index in [-0.39, 0.29) is 30.1 Å². The number of aromatic hydroxyl groups is 1. The predicted octanol–water partition coefficient (Wildman–Crippen LogP) is 3.09. The van der Waals surface area contributed by atoms with Crippen molar-refractivity contribution in [1.29, 1.82) is 0 Å². The molecule has 204 valence electrons. The number of hydrogen-bond donors (Lipinski definition) is 1. The Morgan fingerprint density at radius 1 is 0.789 bits per heavy atom. The zero-order chi connectivity index (χ0) is 27.8. The Morgan fingerprint density at radius 2 is 1.32 bits per heavy atom. The van der Waals surface area contributed by atoms with Crippen molar-refractivity contribution in [2.75, 3.05) is 25.7 Å². The molecule has 1 N–H and O–H groups in total. The summed E-state index contributed by atoms with van der Waals surface area (Å²) in [6.07, 6.45) is 1.75. The SMILES string of the molecule is COC(=O)C(Cc1ccc(CCOc2ccc(OS(C)(=O)=O)cc2)cc1)S(=O)(=O)CCc1ccc(O)cc1. The topological polar surface area (TPSA) is 133 Å². The summed E-state index contributed by atoms with van der Waals surface area (Å²) < 4.78 is 63.6. The van der Waals surface area contributed by atoms with Crippen LogP contribution in [0.3, 0.4) is 0 Å². The Balaban J connectivity index is 1.56. The number of benzene rings is 3. The number of hydrogen-bond acceptors (Lipinski definition) is 9. The zero-order valence-corrected chi connectivity index (χ0v) is 22.7. The molecule has 3 rings (SSSR count). The number of aryl methyl sites for hydroxylation is 1. The Bertz CT molecular complexity index is 1410. The minimum absolute atomic E-state index is 0.0107. The van der Waals surface area contributed by atoms with E-state index in [1.165, 1.54) is 31.4 Å². The van der Waals surface area contributed by atoms with E-state index in [0.29, 0.717) is 24.3 Å². The van der Waals surface area contributed by atoms with E-state index in [1.54, 1.807) is 36.4 Å². The van der Waals surface area contributed by atoms with Crippen molar-refractivity contribution in [2.45, 2.75) is 24.5 Å². The third-order valence-electron chi connectivity index (χ3n) is 5.68. The third kappa shape index (κ3) is 9.07. The van der Waals surface area contributed by atoms with Gasteiger partial charge in [-0.1, -0.05) is 36.4 Å². The van der Waals surface area contributed by atoms with Crippen molar-refractivity contribution in [3.63, 3.8) is 0 Å². The first kappa shape index (κ1) is 29.0. The molecule has 0 aliphatic rings. The molecule has 9 nitrogen and oxygen atoms in total. The highest BCUT2D eigenvalue weighted by molar-refractivity contribution is 7.92. The fraction of sp³-hybridized carbons (Fsp3) is 0.296. The van der Waals surface area contributed by atoms with Gasteiger partial charge in [0.1, 0.15) is 17.2 Å². The summed E-state index contributed by atoms with van der Waals surface area (Å²) in [5, 5.41) is 8.07. The first-order chi connectivity index (χ1) is 17.9. The normalized spacial score (nSPS) is 12.5. The molecule has 0 radical (unpaired) electrons. The Labute approximate surface area is 223 Å². The largest absolute Gasteiger partial charge is 0.508 e. The number of ether oxygens (including phenoxy) is 2. The number of phenolic OH excluding ortho intramolecular Hbond substituents is 1. The van der Waals surface area contributed by atoms with Crippen LogP contribution in [-0.2, 0) is 48.7 Å². The molecule has 0 bridgehead atoms. The lowest BCUT2D eigenvalue weighted by atomic mass is 10.1. The van der Waals surface area contributed by atoms with Crippen LogP contribution in [0.15, 0.2) is 72.8 Å². The third-order valence-corrected chi connectivity index (χ3v) is 8.18. The van der Waals surface area contributed by atoms with E-state index in [4.69, 9.17) is 13.7 Å². The molecule has 0 saturated carbocycles. The first-order valence-corrected chi connectivity index (χ1v) is 15.3. The highest BCUT2D eigenvalue weighted by Gasteiger charge is 2.33. The smallest absolute Gasteiger partial charge is 0.324 e. The van der Waals surface area contributed by atoms with Gasteiger partial charge in [-0.25, -0.2) is 8.42 Å². The van der Waals surface area contributed by atoms with E-state index in [1.807, 2.05) is 12.1 Å². The minimum atomic E-state index is -3.81. The maximum Gasteiger partial charge on any atom is 0.324 e. The minimum Gasteiger partial charge on any atom is -0.508 e. The molecule has 3 aromatic rings. The maximum absolute atomic E-state index is 13.0. The summed E-state index contributed by atoms with van der Waals surface area (Å²) in [6.45, 7) is 0.363. The van der Waals surface area contributed by atoms with Crippen LogP contribution in [0.5, 0.6) is 17.2 Å². The Kier molecular flexibility index (Phi) is 9.76. The van der Waals surface area contributed by atoms with Crippen LogP contribution >= 0.6 is 0 Å². The van der Waals surface area contributed by atoms with Crippen molar-refractivity contribution in [1.82, 2.24) is 0 Å². The number of carbonyl (C=O) groups excluding carboxylic acids is 1. The van der Waals surface area contributed by atoms with E-state index < -0.39 is 31.2 Å². The van der Waals surface area contributed by atoms with Gasteiger partial charge in [0, 0.05) is 6.42 Å². The molecular formula is C27H30O9S2. The molecule has 1 unspecified atom stereocenters. The van der Waals surface area contributed by atoms with Crippen LogP contribution in [-0.4, -0.2) is 58.9 Å². The van der Waals surface area contributed by atoms with Gasteiger partial charge in [0.05, 0.1) is 25.7 Å². The Morgan fingerprint density at radius 3 is 1.89 bits per heavy atom. The van der Waals surface area contributed by atoms with Crippen LogP contribution in [0.4, 0.5) is 0 Å². The summed E-state index contributed by atoms with van der Waals surface area (Å²) >= 11 is 0. The molecule has 0 spiro atoms. The van der Waals surface area contributed by atoms with Gasteiger partial charge in [0.25, 0.3) is 0 Å². The van der Waals surface area contributed by atoms with Crippen LogP contribution < -0.4 is 8.92 Å². The highest BCUT2D eigenvalue weighted by Crippen LogP contribution is 2.20. The molecular weight excluding hydrogens is 532 g/mol. The van der Waals surface area contributed by atoms with Gasteiger partial charge in [0.2, 0.25) is 0 Å². The summed E-state index contributed by atoms with van der Waals surface area (Å²) in [5.74, 6) is -0.186. The van der Waals surface area contributed by atoms with Crippen molar-refractivity contribution in [3.05, 3.63) is 89.5 Å². The van der Waals surface area contributed by atoms with Gasteiger partial charge < -0.3 is 18.8 Å². The number of rotatable bonds is 13. The average molecular weight is 563 g/mol. The van der Waals surface area contributed by atoms with E-state index in [2.05, 4.69) is 0 Å². The van der Waals surface area contributed by atoms with Crippen LogP contribution in [0.1, 0.15) is 16.7 Å². The lowest BCUT2D eigenvalue weighted by molar-refractivity contribution is -0.140. The standard InChI is InChI=1S/C27H30O9S2/c1-34-27(29)26(38(32,33)18-16-21-7-9-23(28)10-8-21)19-22-5-3-20(4-6-22)15-17-35-24-11-13-25(14-12-24)36-37(2,30)31/h3-14,26,28H,15-19H2,1-2H3. The van der Waals surface area contributed by atoms with Gasteiger partial charge in [-0.15, -0.1) is 0 Å². The molecule has 0 fully saturated rings. The summed E-state index contributed by atoms with van der Waals surface area (Å²) in [4.78, 5) is 12.4. The second-order valence-corrected chi connectivity index (χ2v) is 12.6. The maximum atomic E-state index is 13.0. The molecule has 11 heteroatoms. The van der Waals surface area contributed by atoms with E-state index in [0.717, 1.165) is 17.4 Å². The van der Waals surface area contributed by atoms with Crippen molar-refractivity contribution in [2.24, 2.45) is 0 Å². The predicted molar refractivity (Wildman–Crippen MR) is 143 cm³/mol. The molecule has 3 aromatic carbocycles. The van der Waals surface area contributed by atoms with Gasteiger partial charge in [-0.05, 0) is 65.9 Å². The zero-order valence-electron chi connectivity index (χ0n) is 21.1. The fourth-order valence-electron chi connectivity index (χ4n) is 3.66. The Hall–Kier alpha value is -3.57. The number of esters is 1. The molecule has 0 aliphatic carbocycles. The highest BCUT2D eigenvalue weighted by atomic mass is 32.2. The fourth-order valence-corrected chi connectivity index (χ4v) is 5.76. The first-order valence-electron chi connectivity index (χ1n) is 11.7. The number of sulfone groups is 1. The van der Waals surface area contributed by atoms with Crippen LogP contribution in [0, 0.1) is 0 Å². The quantitative estimate of drug-likeness (QED) is 0.246. The molecule has 38 heavy (non-hydrogen) atoms. The second-order valence-electron chi connectivity index (χ2n) is 8.67. The number of methoxy groups -OCH3 is 1. The van der Waals surface area contributed by atoms with Crippen LogP contribution in [0.2, 0.25) is 0 Å². The lowest BCUT2D eigenvalue weighted by Crippen LogP contribution is -2.35. The molecule has 0 aromatic heterocycles. The van der Waals surface area contributed by atoms with Gasteiger partial charge >= 0.3 is 16.1 Å². The molecule has 0 saturated heterocycles. The molecule has 1 atom stereocenters. The van der Waals surface area contributed by atoms with Crippen molar-refractivity contribution >= 4 is 25.9 Å². The summed E-state index contributed by atoms with van der Waals surface area (Å²) in [7, 11) is -6.23. The molecule has 0 amide bonds. The van der Waals surface area contributed by atoms with Crippen LogP contribution in [0.25, 0.3) is 0 Å². The lowest BCUT2D eigenvalue weighted by Gasteiger charge is -2.16. The van der Waals surface area contributed by atoms with E-state index >= 15 is 0 Å². The second kappa shape index (κ2) is 12.8. The molecule has 0 aliphatic heterocycles. The van der Waals surface area contributed by atoms with E-state index in [9.17, 15) is 26.7 Å². The van der Waals surface area contributed by atoms with Gasteiger partial charge in [0.15, 0.2) is 15.1 Å². The van der Waals surface area contributed by atoms with Crippen molar-refractivity contribution in [3.8, 4) is 17.2 Å². The van der Waals surface area contributed by atoms with Crippen molar-refractivity contribution < 1.29 is 40.4 Å². The van der Waals surface area contributed by atoms with Gasteiger partial charge in [-0.2, -0.15) is 8.42 Å². The molecule has 0 heterocycles. The number of phenols is 1. The van der Waals surface area contributed by atoms with Gasteiger partial charge in [-0.3, -0.25) is 4.79 Å². The summed E-state index contributed by atoms with van der Waals surface area (Å²) in [5.41, 5.74) is 2.37. The average Bonchev–Trinajstić information content (AvgIpc) is 2.87. The summed E-state index contributed by atoms with van der Waals surface area (Å²) in [6, 6.07) is 19.7.